The fourth-order valence-electron chi connectivity index (χ4n) is 2.40. The Bertz CT molecular complexity index is 877. The number of halogens is 1. The van der Waals surface area contributed by atoms with Crippen LogP contribution in [0.15, 0.2) is 64.8 Å². The Kier molecular flexibility index (Phi) is 7.52. The Morgan fingerprint density at radius 2 is 1.61 bits per heavy atom. The number of nitrogens with one attached hydrogen (secondary N) is 2. The predicted octanol–water partition coefficient (Wildman–Crippen LogP) is 3.45. The summed E-state index contributed by atoms with van der Waals surface area (Å²) >= 11 is 3.34. The van der Waals surface area contributed by atoms with Crippen molar-refractivity contribution in [2.75, 3.05) is 0 Å². The lowest BCUT2D eigenvalue weighted by Gasteiger charge is -2.19. The third kappa shape index (κ3) is 6.06. The SMILES string of the molecule is CC(C)[C@H](NC(=O)/C(=C\c1ccc(Br)cc1)NC(=O)c1ccccc1)C(=O)O. The highest BCUT2D eigenvalue weighted by Crippen LogP contribution is 2.14. The number of rotatable bonds is 7. The molecule has 0 aliphatic carbocycles. The minimum Gasteiger partial charge on any atom is -0.480 e. The molecule has 0 saturated carbocycles. The highest BCUT2D eigenvalue weighted by Gasteiger charge is 2.25. The number of carbonyl (C=O) groups excluding carboxylic acids is 2. The van der Waals surface area contributed by atoms with E-state index in [-0.39, 0.29) is 11.6 Å². The van der Waals surface area contributed by atoms with Crippen molar-refractivity contribution < 1.29 is 19.5 Å². The fourth-order valence-corrected chi connectivity index (χ4v) is 2.66. The lowest BCUT2D eigenvalue weighted by molar-refractivity contribution is -0.142. The second kappa shape index (κ2) is 9.85. The molecule has 0 spiro atoms. The van der Waals surface area contributed by atoms with Crippen LogP contribution in [0.3, 0.4) is 0 Å². The molecule has 2 aromatic rings. The van der Waals surface area contributed by atoms with E-state index in [1.165, 1.54) is 6.08 Å². The maximum Gasteiger partial charge on any atom is 0.326 e. The van der Waals surface area contributed by atoms with Crippen LogP contribution in [0.5, 0.6) is 0 Å². The third-order valence-corrected chi connectivity index (χ3v) is 4.46. The highest BCUT2D eigenvalue weighted by molar-refractivity contribution is 9.10. The summed E-state index contributed by atoms with van der Waals surface area (Å²) < 4.78 is 0.870. The minimum absolute atomic E-state index is 0.0388. The first-order valence-corrected chi connectivity index (χ1v) is 9.44. The highest BCUT2D eigenvalue weighted by atomic mass is 79.9. The van der Waals surface area contributed by atoms with E-state index in [0.717, 1.165) is 4.47 Å². The van der Waals surface area contributed by atoms with Crippen LogP contribution in [0.2, 0.25) is 0 Å². The van der Waals surface area contributed by atoms with E-state index in [1.54, 1.807) is 68.4 Å². The predicted molar refractivity (Wildman–Crippen MR) is 110 cm³/mol. The first-order valence-electron chi connectivity index (χ1n) is 8.65. The summed E-state index contributed by atoms with van der Waals surface area (Å²) in [4.78, 5) is 36.6. The summed E-state index contributed by atoms with van der Waals surface area (Å²) in [5, 5.41) is 14.4. The molecule has 0 aromatic heterocycles. The van der Waals surface area contributed by atoms with Gasteiger partial charge in [-0.15, -0.1) is 0 Å². The Morgan fingerprint density at radius 1 is 1.00 bits per heavy atom. The van der Waals surface area contributed by atoms with Crippen molar-refractivity contribution in [3.05, 3.63) is 75.9 Å². The average Bonchev–Trinajstić information content (AvgIpc) is 2.67. The maximum absolute atomic E-state index is 12.7. The standard InChI is InChI=1S/C21H21BrN2O4/c1-13(2)18(21(27)28)24-20(26)17(12-14-8-10-16(22)11-9-14)23-19(25)15-6-4-3-5-7-15/h3-13,18H,1-2H3,(H,23,25)(H,24,26)(H,27,28)/b17-12+/t18-/m0/s1. The number of benzene rings is 2. The zero-order chi connectivity index (χ0) is 20.7. The summed E-state index contributed by atoms with van der Waals surface area (Å²) in [6.07, 6.45) is 1.50. The van der Waals surface area contributed by atoms with Gasteiger partial charge in [-0.3, -0.25) is 9.59 Å². The lowest BCUT2D eigenvalue weighted by Crippen LogP contribution is -2.47. The van der Waals surface area contributed by atoms with E-state index in [9.17, 15) is 19.5 Å². The van der Waals surface area contributed by atoms with Gasteiger partial charge in [-0.25, -0.2) is 4.79 Å². The zero-order valence-corrected chi connectivity index (χ0v) is 17.1. The van der Waals surface area contributed by atoms with Crippen LogP contribution in [0, 0.1) is 5.92 Å². The number of amides is 2. The molecule has 0 radical (unpaired) electrons. The van der Waals surface area contributed by atoms with Gasteiger partial charge in [-0.1, -0.05) is 60.1 Å². The molecule has 0 aliphatic heterocycles. The van der Waals surface area contributed by atoms with Crippen LogP contribution in [0.1, 0.15) is 29.8 Å². The van der Waals surface area contributed by atoms with E-state index >= 15 is 0 Å². The molecular weight excluding hydrogens is 424 g/mol. The summed E-state index contributed by atoms with van der Waals surface area (Å²) in [6, 6.07) is 14.5. The quantitative estimate of drug-likeness (QED) is 0.569. The number of carboxylic acid groups (broad SMARTS) is 1. The smallest absolute Gasteiger partial charge is 0.326 e. The van der Waals surface area contributed by atoms with Gasteiger partial charge in [-0.2, -0.15) is 0 Å². The van der Waals surface area contributed by atoms with Gasteiger partial charge in [0.05, 0.1) is 0 Å². The first kappa shape index (κ1) is 21.4. The average molecular weight is 445 g/mol. The largest absolute Gasteiger partial charge is 0.480 e. The molecule has 0 unspecified atom stereocenters. The van der Waals surface area contributed by atoms with Gasteiger partial charge in [0.2, 0.25) is 0 Å². The normalized spacial score (nSPS) is 12.4. The Hall–Kier alpha value is -2.93. The van der Waals surface area contributed by atoms with Gasteiger partial charge in [0.1, 0.15) is 11.7 Å². The second-order valence-electron chi connectivity index (χ2n) is 6.46. The molecule has 7 heteroatoms. The third-order valence-electron chi connectivity index (χ3n) is 3.93. The van der Waals surface area contributed by atoms with Crippen LogP contribution in [0.4, 0.5) is 0 Å². The molecule has 0 aliphatic rings. The molecule has 28 heavy (non-hydrogen) atoms. The van der Waals surface area contributed by atoms with Crippen LogP contribution in [-0.2, 0) is 9.59 Å². The van der Waals surface area contributed by atoms with Crippen molar-refractivity contribution in [3.63, 3.8) is 0 Å². The van der Waals surface area contributed by atoms with Crippen molar-refractivity contribution in [1.82, 2.24) is 10.6 Å². The van der Waals surface area contributed by atoms with Crippen molar-refractivity contribution >= 4 is 39.8 Å². The van der Waals surface area contributed by atoms with E-state index in [2.05, 4.69) is 26.6 Å². The maximum atomic E-state index is 12.7. The van der Waals surface area contributed by atoms with Crippen molar-refractivity contribution in [1.29, 1.82) is 0 Å². The number of carboxylic acids is 1. The minimum atomic E-state index is -1.14. The molecular formula is C21H21BrN2O4. The molecule has 0 fully saturated rings. The Balaban J connectivity index is 2.32. The molecule has 0 bridgehead atoms. The van der Waals surface area contributed by atoms with Crippen molar-refractivity contribution in [2.45, 2.75) is 19.9 Å². The van der Waals surface area contributed by atoms with Crippen molar-refractivity contribution in [2.24, 2.45) is 5.92 Å². The van der Waals surface area contributed by atoms with Crippen LogP contribution < -0.4 is 10.6 Å². The van der Waals surface area contributed by atoms with Crippen molar-refractivity contribution in [3.8, 4) is 0 Å². The topological polar surface area (TPSA) is 95.5 Å². The van der Waals surface area contributed by atoms with Crippen LogP contribution in [0.25, 0.3) is 6.08 Å². The van der Waals surface area contributed by atoms with Gasteiger partial charge in [0, 0.05) is 10.0 Å². The van der Waals surface area contributed by atoms with Gasteiger partial charge in [-0.05, 0) is 41.8 Å². The molecule has 2 rings (SSSR count). The lowest BCUT2D eigenvalue weighted by atomic mass is 10.0. The molecule has 2 aromatic carbocycles. The number of hydrogen-bond donors (Lipinski definition) is 3. The summed E-state index contributed by atoms with van der Waals surface area (Å²) in [5.41, 5.74) is 1.02. The number of carbonyl (C=O) groups is 3. The van der Waals surface area contributed by atoms with E-state index in [0.29, 0.717) is 11.1 Å². The Labute approximate surface area is 171 Å². The fraction of sp³-hybridized carbons (Fsp3) is 0.190. The molecule has 0 saturated heterocycles. The van der Waals surface area contributed by atoms with Gasteiger partial charge in [0.15, 0.2) is 0 Å². The summed E-state index contributed by atoms with van der Waals surface area (Å²) in [7, 11) is 0. The monoisotopic (exact) mass is 444 g/mol. The molecule has 0 heterocycles. The van der Waals surface area contributed by atoms with Gasteiger partial charge >= 0.3 is 5.97 Å². The summed E-state index contributed by atoms with van der Waals surface area (Å²) in [6.45, 7) is 3.39. The number of aliphatic carboxylic acids is 1. The molecule has 6 nitrogen and oxygen atoms in total. The van der Waals surface area contributed by atoms with Crippen LogP contribution in [-0.4, -0.2) is 28.9 Å². The van der Waals surface area contributed by atoms with Gasteiger partial charge in [0.25, 0.3) is 11.8 Å². The molecule has 3 N–H and O–H groups in total. The van der Waals surface area contributed by atoms with E-state index in [1.807, 2.05) is 0 Å². The zero-order valence-electron chi connectivity index (χ0n) is 15.5. The van der Waals surface area contributed by atoms with E-state index < -0.39 is 23.8 Å². The first-order chi connectivity index (χ1) is 13.3. The van der Waals surface area contributed by atoms with Crippen LogP contribution >= 0.6 is 15.9 Å². The second-order valence-corrected chi connectivity index (χ2v) is 7.38. The molecule has 2 amide bonds. The summed E-state index contributed by atoms with van der Waals surface area (Å²) in [5.74, 6) is -2.59. The van der Waals surface area contributed by atoms with Gasteiger partial charge < -0.3 is 15.7 Å². The van der Waals surface area contributed by atoms with E-state index in [4.69, 9.17) is 0 Å². The number of hydrogen-bond acceptors (Lipinski definition) is 3. The molecule has 1 atom stereocenters. The molecule has 146 valence electrons. The Morgan fingerprint density at radius 3 is 2.14 bits per heavy atom.